The quantitative estimate of drug-likeness (QED) is 0.176. The Bertz CT molecular complexity index is 1020. The lowest BCUT2D eigenvalue weighted by molar-refractivity contribution is 0.102. The zero-order valence-corrected chi connectivity index (χ0v) is 25.1. The zero-order valence-electron chi connectivity index (χ0n) is 24.3. The van der Waals surface area contributed by atoms with E-state index in [1.165, 1.54) is 81.1 Å². The smallest absolute Gasteiger partial charge is 0.255 e. The summed E-state index contributed by atoms with van der Waals surface area (Å²) in [6.07, 6.45) is 17.9. The topological polar surface area (TPSA) is 50.8 Å². The van der Waals surface area contributed by atoms with Crippen LogP contribution in [-0.2, 0) is 6.54 Å². The molecule has 0 saturated heterocycles. The number of methoxy groups -OCH3 is 1. The predicted molar refractivity (Wildman–Crippen MR) is 166 cm³/mol. The third-order valence-electron chi connectivity index (χ3n) is 7.12. The van der Waals surface area contributed by atoms with Crippen LogP contribution < -0.4 is 14.8 Å². The SMILES string of the molecule is CCCCCCCCCCCCCCOc1cc(OC)ccc1NC(=O)c1ccc(CN2C=C(C)SC2)cc1. The Kier molecular flexibility index (Phi) is 14.2. The number of rotatable bonds is 19. The average molecular weight is 553 g/mol. The molecule has 0 spiro atoms. The molecular formula is C33H48N2O3S. The number of nitrogens with zero attached hydrogens (tertiary/aromatic N) is 1. The number of carbonyl (C=O) groups excluding carboxylic acids is 1. The van der Waals surface area contributed by atoms with Crippen molar-refractivity contribution in [3.8, 4) is 11.5 Å². The molecule has 0 bridgehead atoms. The monoisotopic (exact) mass is 552 g/mol. The fraction of sp³-hybridized carbons (Fsp3) is 0.545. The van der Waals surface area contributed by atoms with Crippen molar-refractivity contribution in [3.05, 3.63) is 64.7 Å². The molecule has 0 atom stereocenters. The van der Waals surface area contributed by atoms with Crippen LogP contribution in [0.4, 0.5) is 5.69 Å². The minimum atomic E-state index is -0.144. The lowest BCUT2D eigenvalue weighted by Gasteiger charge is -2.15. The molecule has 0 unspecified atom stereocenters. The highest BCUT2D eigenvalue weighted by Gasteiger charge is 2.13. The number of carbonyl (C=O) groups is 1. The van der Waals surface area contributed by atoms with Gasteiger partial charge >= 0.3 is 0 Å². The van der Waals surface area contributed by atoms with Crippen LogP contribution in [0.1, 0.15) is 107 Å². The van der Waals surface area contributed by atoms with Crippen molar-refractivity contribution >= 4 is 23.4 Å². The van der Waals surface area contributed by atoms with Gasteiger partial charge in [0.1, 0.15) is 11.5 Å². The van der Waals surface area contributed by atoms with Crippen molar-refractivity contribution in [1.82, 2.24) is 4.90 Å². The first-order valence-electron chi connectivity index (χ1n) is 14.9. The van der Waals surface area contributed by atoms with E-state index in [9.17, 15) is 4.79 Å². The Morgan fingerprint density at radius 3 is 2.13 bits per heavy atom. The summed E-state index contributed by atoms with van der Waals surface area (Å²) in [5, 5.41) is 3.03. The van der Waals surface area contributed by atoms with Crippen LogP contribution in [0.15, 0.2) is 53.6 Å². The number of nitrogens with one attached hydrogen (secondary N) is 1. The van der Waals surface area contributed by atoms with E-state index in [-0.39, 0.29) is 5.91 Å². The molecule has 5 nitrogen and oxygen atoms in total. The second kappa shape index (κ2) is 17.9. The van der Waals surface area contributed by atoms with Crippen molar-refractivity contribution in [3.63, 3.8) is 0 Å². The third-order valence-corrected chi connectivity index (χ3v) is 8.14. The predicted octanol–water partition coefficient (Wildman–Crippen LogP) is 9.40. The van der Waals surface area contributed by atoms with E-state index in [0.29, 0.717) is 29.4 Å². The first-order valence-corrected chi connectivity index (χ1v) is 15.8. The van der Waals surface area contributed by atoms with Crippen LogP contribution in [0.5, 0.6) is 11.5 Å². The van der Waals surface area contributed by atoms with Gasteiger partial charge < -0.3 is 19.7 Å². The van der Waals surface area contributed by atoms with Crippen molar-refractivity contribution in [2.45, 2.75) is 97.4 Å². The molecule has 2 aromatic carbocycles. The van der Waals surface area contributed by atoms with Gasteiger partial charge in [0, 0.05) is 24.4 Å². The van der Waals surface area contributed by atoms with E-state index < -0.39 is 0 Å². The second-order valence-corrected chi connectivity index (χ2v) is 11.7. The van der Waals surface area contributed by atoms with Gasteiger partial charge in [-0.2, -0.15) is 0 Å². The molecule has 0 saturated carbocycles. The van der Waals surface area contributed by atoms with E-state index in [1.54, 1.807) is 7.11 Å². The Hall–Kier alpha value is -2.60. The summed E-state index contributed by atoms with van der Waals surface area (Å²) in [7, 11) is 1.64. The van der Waals surface area contributed by atoms with Crippen LogP contribution in [0.25, 0.3) is 0 Å². The highest BCUT2D eigenvalue weighted by molar-refractivity contribution is 8.03. The van der Waals surface area contributed by atoms with Crippen LogP contribution in [0.3, 0.4) is 0 Å². The maximum absolute atomic E-state index is 13.0. The second-order valence-electron chi connectivity index (χ2n) is 10.5. The number of hydrogen-bond acceptors (Lipinski definition) is 5. The van der Waals surface area contributed by atoms with Gasteiger partial charge in [-0.05, 0) is 48.1 Å². The minimum Gasteiger partial charge on any atom is -0.497 e. The Morgan fingerprint density at radius 1 is 0.897 bits per heavy atom. The van der Waals surface area contributed by atoms with Crippen molar-refractivity contribution in [2.24, 2.45) is 0 Å². The van der Waals surface area contributed by atoms with Crippen LogP contribution in [0.2, 0.25) is 0 Å². The highest BCUT2D eigenvalue weighted by atomic mass is 32.2. The molecule has 1 aliphatic rings. The molecule has 0 fully saturated rings. The van der Waals surface area contributed by atoms with Crippen LogP contribution in [-0.4, -0.2) is 30.4 Å². The van der Waals surface area contributed by atoms with Crippen molar-refractivity contribution in [1.29, 1.82) is 0 Å². The summed E-state index contributed by atoms with van der Waals surface area (Å²) in [4.78, 5) is 16.6. The van der Waals surface area contributed by atoms with Gasteiger partial charge in [0.05, 0.1) is 25.3 Å². The molecule has 0 aliphatic carbocycles. The van der Waals surface area contributed by atoms with Gasteiger partial charge in [0.25, 0.3) is 5.91 Å². The number of amides is 1. The third kappa shape index (κ3) is 11.6. The summed E-state index contributed by atoms with van der Waals surface area (Å²) in [6, 6.07) is 13.4. The summed E-state index contributed by atoms with van der Waals surface area (Å²) in [5.41, 5.74) is 2.48. The van der Waals surface area contributed by atoms with Gasteiger partial charge in [-0.1, -0.05) is 89.7 Å². The van der Waals surface area contributed by atoms with Gasteiger partial charge in [-0.15, -0.1) is 11.8 Å². The number of ether oxygens (including phenoxy) is 2. The molecule has 1 amide bonds. The average Bonchev–Trinajstić information content (AvgIpc) is 3.36. The van der Waals surface area contributed by atoms with E-state index in [4.69, 9.17) is 9.47 Å². The first kappa shape index (κ1) is 30.9. The number of thioether (sulfide) groups is 1. The van der Waals surface area contributed by atoms with E-state index in [0.717, 1.165) is 18.8 Å². The molecule has 0 radical (unpaired) electrons. The Morgan fingerprint density at radius 2 is 1.54 bits per heavy atom. The summed E-state index contributed by atoms with van der Waals surface area (Å²) in [5.74, 6) is 2.20. The molecule has 2 aromatic rings. The number of benzene rings is 2. The van der Waals surface area contributed by atoms with Crippen molar-refractivity contribution in [2.75, 3.05) is 24.9 Å². The molecule has 6 heteroatoms. The lowest BCUT2D eigenvalue weighted by Crippen LogP contribution is -2.14. The van der Waals surface area contributed by atoms with Gasteiger partial charge in [0.15, 0.2) is 0 Å². The number of unbranched alkanes of at least 4 members (excludes halogenated alkanes) is 11. The van der Waals surface area contributed by atoms with Crippen molar-refractivity contribution < 1.29 is 14.3 Å². The largest absolute Gasteiger partial charge is 0.497 e. The summed E-state index contributed by atoms with van der Waals surface area (Å²) in [6.45, 7) is 5.88. The standard InChI is InChI=1S/C33H48N2O3S/c1-4-5-6-7-8-9-10-11-12-13-14-15-22-38-32-23-30(37-3)20-21-31(32)34-33(36)29-18-16-28(17-19-29)25-35-24-27(2)39-26-35/h16-21,23-24H,4-15,22,25-26H2,1-3H3,(H,34,36). The van der Waals surface area contributed by atoms with E-state index >= 15 is 0 Å². The summed E-state index contributed by atoms with van der Waals surface area (Å²) >= 11 is 1.85. The normalized spacial score (nSPS) is 12.9. The van der Waals surface area contributed by atoms with Gasteiger partial charge in [-0.25, -0.2) is 0 Å². The first-order chi connectivity index (χ1) is 19.1. The molecule has 3 rings (SSSR count). The number of allylic oxidation sites excluding steroid dienone is 1. The maximum Gasteiger partial charge on any atom is 0.255 e. The maximum atomic E-state index is 13.0. The molecule has 1 heterocycles. The molecule has 214 valence electrons. The highest BCUT2D eigenvalue weighted by Crippen LogP contribution is 2.30. The molecule has 0 aromatic heterocycles. The fourth-order valence-corrected chi connectivity index (χ4v) is 5.53. The molecular weight excluding hydrogens is 504 g/mol. The minimum absolute atomic E-state index is 0.144. The number of hydrogen-bond donors (Lipinski definition) is 1. The molecule has 1 aliphatic heterocycles. The Balaban J connectivity index is 1.39. The van der Waals surface area contributed by atoms with Crippen LogP contribution >= 0.6 is 11.8 Å². The van der Waals surface area contributed by atoms with E-state index in [2.05, 4.69) is 30.3 Å². The van der Waals surface area contributed by atoms with E-state index in [1.807, 2.05) is 54.2 Å². The summed E-state index contributed by atoms with van der Waals surface area (Å²) < 4.78 is 11.5. The number of anilines is 1. The van der Waals surface area contributed by atoms with Crippen LogP contribution in [0, 0.1) is 0 Å². The fourth-order valence-electron chi connectivity index (χ4n) is 4.78. The molecule has 1 N–H and O–H groups in total. The molecule has 39 heavy (non-hydrogen) atoms. The van der Waals surface area contributed by atoms with Gasteiger partial charge in [0.2, 0.25) is 0 Å². The van der Waals surface area contributed by atoms with Gasteiger partial charge in [-0.3, -0.25) is 4.79 Å². The zero-order chi connectivity index (χ0) is 27.7. The Labute approximate surface area is 240 Å². The lowest BCUT2D eigenvalue weighted by atomic mass is 10.1.